The molecule has 0 spiro atoms. The number of hydrogen-bond acceptors (Lipinski definition) is 4. The first-order chi connectivity index (χ1) is 9.65. The lowest BCUT2D eigenvalue weighted by Crippen LogP contribution is -2.62. The highest BCUT2D eigenvalue weighted by atomic mass is 16.3. The molecule has 2 fully saturated rings. The van der Waals surface area contributed by atoms with Gasteiger partial charge in [-0.1, -0.05) is 6.07 Å². The summed E-state index contributed by atoms with van der Waals surface area (Å²) in [6.07, 6.45) is 0. The Balaban J connectivity index is 1.62. The summed E-state index contributed by atoms with van der Waals surface area (Å²) in [5.41, 5.74) is 1.37. The molecule has 2 N–H and O–H groups in total. The molecule has 2 aliphatic heterocycles. The van der Waals surface area contributed by atoms with Crippen LogP contribution in [-0.2, 0) is 0 Å². The molecule has 3 rings (SSSR count). The molecule has 0 aliphatic carbocycles. The zero-order chi connectivity index (χ0) is 14.1. The molecule has 2 aliphatic rings. The quantitative estimate of drug-likeness (QED) is 0.822. The Bertz CT molecular complexity index is 506. The lowest BCUT2D eigenvalue weighted by atomic mass is 10.1. The predicted molar refractivity (Wildman–Crippen MR) is 77.0 cm³/mol. The maximum absolute atomic E-state index is 12.4. The molecular formula is C15H21N3O2. The van der Waals surface area contributed by atoms with E-state index in [2.05, 4.69) is 10.2 Å². The highest BCUT2D eigenvalue weighted by Gasteiger charge is 2.29. The van der Waals surface area contributed by atoms with Crippen molar-refractivity contribution in [3.8, 4) is 5.75 Å². The van der Waals surface area contributed by atoms with E-state index in [9.17, 15) is 9.90 Å². The van der Waals surface area contributed by atoms with E-state index < -0.39 is 0 Å². The molecule has 1 amide bonds. The first-order valence-electron chi connectivity index (χ1n) is 7.19. The van der Waals surface area contributed by atoms with Crippen molar-refractivity contribution in [3.63, 3.8) is 0 Å². The number of hydrogen-bond donors (Lipinski definition) is 2. The number of piperazine rings is 1. The fourth-order valence-corrected chi connectivity index (χ4v) is 2.75. The zero-order valence-electron chi connectivity index (χ0n) is 11.8. The van der Waals surface area contributed by atoms with Gasteiger partial charge in [-0.3, -0.25) is 9.69 Å². The van der Waals surface area contributed by atoms with Gasteiger partial charge in [0.2, 0.25) is 0 Å². The van der Waals surface area contributed by atoms with Crippen LogP contribution in [0, 0.1) is 6.92 Å². The minimum Gasteiger partial charge on any atom is -0.508 e. The summed E-state index contributed by atoms with van der Waals surface area (Å²) in [7, 11) is 0. The summed E-state index contributed by atoms with van der Waals surface area (Å²) in [6, 6.07) is 5.80. The normalized spacial score (nSPS) is 20.8. The number of phenolic OH excluding ortho intramolecular Hbond substituents is 1. The van der Waals surface area contributed by atoms with E-state index in [-0.39, 0.29) is 11.7 Å². The predicted octanol–water partition coefficient (Wildman–Crippen LogP) is 0.430. The van der Waals surface area contributed by atoms with Gasteiger partial charge in [0.25, 0.3) is 5.91 Å². The number of aromatic hydroxyl groups is 1. The zero-order valence-corrected chi connectivity index (χ0v) is 11.8. The molecule has 2 heterocycles. The van der Waals surface area contributed by atoms with Gasteiger partial charge >= 0.3 is 0 Å². The molecule has 0 radical (unpaired) electrons. The number of phenols is 1. The Morgan fingerprint density at radius 1 is 1.25 bits per heavy atom. The van der Waals surface area contributed by atoms with Gasteiger partial charge in [0, 0.05) is 50.9 Å². The Kier molecular flexibility index (Phi) is 3.63. The van der Waals surface area contributed by atoms with E-state index >= 15 is 0 Å². The van der Waals surface area contributed by atoms with Crippen LogP contribution in [0.2, 0.25) is 0 Å². The third-order valence-electron chi connectivity index (χ3n) is 4.33. The minimum atomic E-state index is 0.0201. The van der Waals surface area contributed by atoms with Crippen molar-refractivity contribution in [1.82, 2.24) is 15.1 Å². The van der Waals surface area contributed by atoms with Gasteiger partial charge in [-0.05, 0) is 24.6 Å². The van der Waals surface area contributed by atoms with Crippen molar-refractivity contribution in [2.75, 3.05) is 39.3 Å². The molecule has 1 aromatic carbocycles. The first kappa shape index (κ1) is 13.4. The topological polar surface area (TPSA) is 55.8 Å². The number of benzene rings is 1. The second-order valence-corrected chi connectivity index (χ2v) is 5.64. The number of aryl methyl sites for hydroxylation is 1. The highest BCUT2D eigenvalue weighted by molar-refractivity contribution is 5.94. The summed E-state index contributed by atoms with van der Waals surface area (Å²) in [6.45, 7) is 7.38. The van der Waals surface area contributed by atoms with Gasteiger partial charge in [0.1, 0.15) is 5.75 Å². The van der Waals surface area contributed by atoms with Gasteiger partial charge in [-0.25, -0.2) is 0 Å². The highest BCUT2D eigenvalue weighted by Crippen LogP contribution is 2.19. The minimum absolute atomic E-state index is 0.0201. The maximum Gasteiger partial charge on any atom is 0.254 e. The van der Waals surface area contributed by atoms with Crippen LogP contribution in [0.1, 0.15) is 15.9 Å². The second kappa shape index (κ2) is 5.42. The van der Waals surface area contributed by atoms with Gasteiger partial charge in [-0.2, -0.15) is 0 Å². The largest absolute Gasteiger partial charge is 0.508 e. The van der Waals surface area contributed by atoms with Gasteiger partial charge in [0.15, 0.2) is 0 Å². The van der Waals surface area contributed by atoms with Crippen LogP contribution in [0.25, 0.3) is 0 Å². The van der Waals surface area contributed by atoms with Crippen LogP contribution in [-0.4, -0.2) is 66.1 Å². The van der Waals surface area contributed by atoms with Crippen molar-refractivity contribution >= 4 is 5.91 Å². The van der Waals surface area contributed by atoms with Crippen LogP contribution in [0.4, 0.5) is 0 Å². The Hall–Kier alpha value is -1.59. The molecule has 0 saturated carbocycles. The number of nitrogens with one attached hydrogen (secondary N) is 1. The third kappa shape index (κ3) is 2.51. The van der Waals surface area contributed by atoms with E-state index in [1.165, 1.54) is 0 Å². The molecule has 0 unspecified atom stereocenters. The summed E-state index contributed by atoms with van der Waals surface area (Å²) in [4.78, 5) is 16.7. The standard InChI is InChI=1S/C15H21N3O2/c1-11-2-3-12(8-14(11)19)15(20)18-6-4-17(5-7-18)13-9-16-10-13/h2-3,8,13,16,19H,4-7,9-10H2,1H3. The van der Waals surface area contributed by atoms with Crippen molar-refractivity contribution < 1.29 is 9.90 Å². The lowest BCUT2D eigenvalue weighted by molar-refractivity contribution is 0.0502. The number of carbonyl (C=O) groups is 1. The monoisotopic (exact) mass is 275 g/mol. The molecule has 5 nitrogen and oxygen atoms in total. The second-order valence-electron chi connectivity index (χ2n) is 5.64. The van der Waals surface area contributed by atoms with Crippen molar-refractivity contribution in [3.05, 3.63) is 29.3 Å². The van der Waals surface area contributed by atoms with Crippen molar-refractivity contribution in [1.29, 1.82) is 0 Å². The number of amides is 1. The van der Waals surface area contributed by atoms with E-state index in [4.69, 9.17) is 0 Å². The van der Waals surface area contributed by atoms with E-state index in [1.807, 2.05) is 11.8 Å². The SMILES string of the molecule is Cc1ccc(C(=O)N2CCN(C3CNC3)CC2)cc1O. The van der Waals surface area contributed by atoms with Gasteiger partial charge in [-0.15, -0.1) is 0 Å². The third-order valence-corrected chi connectivity index (χ3v) is 4.33. The summed E-state index contributed by atoms with van der Waals surface area (Å²) in [5, 5.41) is 13.0. The fourth-order valence-electron chi connectivity index (χ4n) is 2.75. The number of carbonyl (C=O) groups excluding carboxylic acids is 1. The molecule has 0 aromatic heterocycles. The first-order valence-corrected chi connectivity index (χ1v) is 7.19. The average molecular weight is 275 g/mol. The summed E-state index contributed by atoms with van der Waals surface area (Å²) < 4.78 is 0. The van der Waals surface area contributed by atoms with Crippen LogP contribution < -0.4 is 5.32 Å². The molecule has 1 aromatic rings. The number of nitrogens with zero attached hydrogens (tertiary/aromatic N) is 2. The van der Waals surface area contributed by atoms with Crippen LogP contribution in [0.5, 0.6) is 5.75 Å². The van der Waals surface area contributed by atoms with E-state index in [0.29, 0.717) is 11.6 Å². The van der Waals surface area contributed by atoms with Gasteiger partial charge in [0.05, 0.1) is 0 Å². The molecule has 5 heteroatoms. The molecule has 20 heavy (non-hydrogen) atoms. The smallest absolute Gasteiger partial charge is 0.254 e. The molecule has 0 bridgehead atoms. The average Bonchev–Trinajstić information content (AvgIpc) is 2.40. The van der Waals surface area contributed by atoms with Crippen LogP contribution in [0.15, 0.2) is 18.2 Å². The fraction of sp³-hybridized carbons (Fsp3) is 0.533. The van der Waals surface area contributed by atoms with E-state index in [0.717, 1.165) is 44.8 Å². The van der Waals surface area contributed by atoms with Gasteiger partial charge < -0.3 is 15.3 Å². The lowest BCUT2D eigenvalue weighted by Gasteiger charge is -2.43. The summed E-state index contributed by atoms with van der Waals surface area (Å²) in [5.74, 6) is 0.210. The molecular weight excluding hydrogens is 254 g/mol. The van der Waals surface area contributed by atoms with Crippen molar-refractivity contribution in [2.45, 2.75) is 13.0 Å². The summed E-state index contributed by atoms with van der Waals surface area (Å²) >= 11 is 0. The Labute approximate surface area is 119 Å². The maximum atomic E-state index is 12.4. The van der Waals surface area contributed by atoms with Crippen molar-refractivity contribution in [2.24, 2.45) is 0 Å². The molecule has 0 atom stereocenters. The van der Waals surface area contributed by atoms with Crippen LogP contribution >= 0.6 is 0 Å². The molecule has 2 saturated heterocycles. The Morgan fingerprint density at radius 2 is 1.95 bits per heavy atom. The van der Waals surface area contributed by atoms with E-state index in [1.54, 1.807) is 18.2 Å². The van der Waals surface area contributed by atoms with Crippen LogP contribution in [0.3, 0.4) is 0 Å². The molecule has 108 valence electrons. The Morgan fingerprint density at radius 3 is 2.50 bits per heavy atom. The number of rotatable bonds is 2.